The summed E-state index contributed by atoms with van der Waals surface area (Å²) in [5.41, 5.74) is 1.24. The predicted octanol–water partition coefficient (Wildman–Crippen LogP) is 2.76. The van der Waals surface area contributed by atoms with E-state index in [9.17, 15) is 9.90 Å². The Bertz CT molecular complexity index is 530. The lowest BCUT2D eigenvalue weighted by molar-refractivity contribution is 0.0925. The molecule has 4 nitrogen and oxygen atoms in total. The molecule has 2 atom stereocenters. The zero-order valence-electron chi connectivity index (χ0n) is 11.4. The molecule has 2 rings (SSSR count). The summed E-state index contributed by atoms with van der Waals surface area (Å²) in [6, 6.07) is 4.31. The number of rotatable bonds is 4. The van der Waals surface area contributed by atoms with Gasteiger partial charge in [0.2, 0.25) is 0 Å². The van der Waals surface area contributed by atoms with Crippen LogP contribution in [0.5, 0.6) is 5.75 Å². The Balaban J connectivity index is 1.98. The van der Waals surface area contributed by atoms with E-state index in [0.29, 0.717) is 18.2 Å². The largest absolute Gasteiger partial charge is 0.508 e. The maximum absolute atomic E-state index is 12.1. The number of phenols is 1. The summed E-state index contributed by atoms with van der Waals surface area (Å²) in [5.74, 6) is -0.0469. The third kappa shape index (κ3) is 3.32. The summed E-state index contributed by atoms with van der Waals surface area (Å²) in [5, 5.41) is 12.6. The zero-order chi connectivity index (χ0) is 14.7. The molecule has 0 aromatic heterocycles. The zero-order valence-corrected chi connectivity index (χ0v) is 12.1. The molecule has 20 heavy (non-hydrogen) atoms. The molecular formula is C15H18ClNO3. The Labute approximate surface area is 123 Å². The van der Waals surface area contributed by atoms with E-state index in [1.807, 2.05) is 6.92 Å². The average Bonchev–Trinajstić information content (AvgIpc) is 2.87. The van der Waals surface area contributed by atoms with E-state index >= 15 is 0 Å². The molecule has 0 radical (unpaired) electrons. The van der Waals surface area contributed by atoms with E-state index in [4.69, 9.17) is 16.3 Å². The van der Waals surface area contributed by atoms with Gasteiger partial charge in [-0.15, -0.1) is 0 Å². The molecule has 1 amide bonds. The van der Waals surface area contributed by atoms with Gasteiger partial charge in [0.15, 0.2) is 0 Å². The van der Waals surface area contributed by atoms with Crippen LogP contribution >= 0.6 is 11.6 Å². The Morgan fingerprint density at radius 1 is 1.60 bits per heavy atom. The second kappa shape index (κ2) is 6.29. The highest BCUT2D eigenvalue weighted by molar-refractivity contribution is 6.33. The van der Waals surface area contributed by atoms with Crippen LogP contribution in [0, 0.1) is 5.92 Å². The van der Waals surface area contributed by atoms with Crippen molar-refractivity contribution >= 4 is 17.5 Å². The van der Waals surface area contributed by atoms with Crippen LogP contribution in [0.15, 0.2) is 30.4 Å². The minimum atomic E-state index is -0.293. The molecule has 108 valence electrons. The molecule has 2 N–H and O–H groups in total. The number of carbonyl (C=O) groups excluding carboxylic acids is 1. The third-order valence-corrected chi connectivity index (χ3v) is 3.75. The summed E-state index contributed by atoms with van der Waals surface area (Å²) < 4.78 is 5.59. The van der Waals surface area contributed by atoms with E-state index < -0.39 is 0 Å². The van der Waals surface area contributed by atoms with Crippen molar-refractivity contribution in [2.45, 2.75) is 19.4 Å². The molecular weight excluding hydrogens is 278 g/mol. The lowest BCUT2D eigenvalue weighted by Gasteiger charge is -2.19. The first-order chi connectivity index (χ1) is 9.49. The van der Waals surface area contributed by atoms with E-state index in [2.05, 4.69) is 11.9 Å². The lowest BCUT2D eigenvalue weighted by atomic mass is 9.97. The minimum absolute atomic E-state index is 0.00468. The fraction of sp³-hybridized carbons (Fsp3) is 0.400. The molecule has 1 aliphatic heterocycles. The van der Waals surface area contributed by atoms with Crippen LogP contribution in [0.2, 0.25) is 5.02 Å². The molecule has 0 spiro atoms. The number of ether oxygens (including phenoxy) is 1. The van der Waals surface area contributed by atoms with E-state index in [0.717, 1.165) is 12.0 Å². The van der Waals surface area contributed by atoms with Crippen molar-refractivity contribution in [1.82, 2.24) is 5.32 Å². The van der Waals surface area contributed by atoms with Gasteiger partial charge in [0, 0.05) is 19.1 Å². The molecule has 5 heteroatoms. The van der Waals surface area contributed by atoms with Gasteiger partial charge in [0.05, 0.1) is 16.7 Å². The Morgan fingerprint density at radius 2 is 2.35 bits per heavy atom. The van der Waals surface area contributed by atoms with Gasteiger partial charge in [-0.1, -0.05) is 23.8 Å². The van der Waals surface area contributed by atoms with Crippen molar-refractivity contribution in [2.75, 3.05) is 13.2 Å². The summed E-state index contributed by atoms with van der Waals surface area (Å²) in [6.45, 7) is 7.02. The number of hydrogen-bond donors (Lipinski definition) is 2. The second-order valence-electron chi connectivity index (χ2n) is 5.06. The van der Waals surface area contributed by atoms with Gasteiger partial charge in [-0.25, -0.2) is 0 Å². The fourth-order valence-corrected chi connectivity index (χ4v) is 2.60. The maximum atomic E-state index is 12.1. The smallest absolute Gasteiger partial charge is 0.252 e. The van der Waals surface area contributed by atoms with Gasteiger partial charge in [-0.2, -0.15) is 0 Å². The van der Waals surface area contributed by atoms with Gasteiger partial charge in [-0.05, 0) is 31.5 Å². The topological polar surface area (TPSA) is 58.6 Å². The number of hydrogen-bond acceptors (Lipinski definition) is 3. The van der Waals surface area contributed by atoms with Crippen LogP contribution in [0.25, 0.3) is 0 Å². The first kappa shape index (κ1) is 14.9. The first-order valence-corrected chi connectivity index (χ1v) is 6.90. The van der Waals surface area contributed by atoms with Gasteiger partial charge < -0.3 is 15.2 Å². The number of halogens is 1. The van der Waals surface area contributed by atoms with Crippen LogP contribution in [-0.4, -0.2) is 30.3 Å². The maximum Gasteiger partial charge on any atom is 0.252 e. The second-order valence-corrected chi connectivity index (χ2v) is 5.47. The van der Waals surface area contributed by atoms with Crippen molar-refractivity contribution in [3.63, 3.8) is 0 Å². The molecule has 1 saturated heterocycles. The fourth-order valence-electron chi connectivity index (χ4n) is 2.39. The molecule has 1 aromatic rings. The highest BCUT2D eigenvalue weighted by Crippen LogP contribution is 2.26. The van der Waals surface area contributed by atoms with Crippen molar-refractivity contribution in [3.8, 4) is 5.75 Å². The number of aromatic hydroxyl groups is 1. The molecule has 1 heterocycles. The average molecular weight is 296 g/mol. The summed E-state index contributed by atoms with van der Waals surface area (Å²) in [6.07, 6.45) is 0.890. The standard InChI is InChI=1S/C15H18ClNO3/c1-9(2)14-10(5-6-20-14)8-17-15(19)12-7-11(18)3-4-13(12)16/h3-4,7,10,14,18H,1,5-6,8H2,2H3,(H,17,19). The van der Waals surface area contributed by atoms with Crippen LogP contribution in [0.4, 0.5) is 0 Å². The van der Waals surface area contributed by atoms with Gasteiger partial charge >= 0.3 is 0 Å². The van der Waals surface area contributed by atoms with Gasteiger partial charge in [-0.3, -0.25) is 4.79 Å². The number of benzene rings is 1. The quantitative estimate of drug-likeness (QED) is 0.840. The predicted molar refractivity (Wildman–Crippen MR) is 78.1 cm³/mol. The van der Waals surface area contributed by atoms with Crippen molar-refractivity contribution in [2.24, 2.45) is 5.92 Å². The van der Waals surface area contributed by atoms with E-state index in [1.54, 1.807) is 0 Å². The Kier molecular flexibility index (Phi) is 4.68. The van der Waals surface area contributed by atoms with E-state index in [-0.39, 0.29) is 29.2 Å². The van der Waals surface area contributed by atoms with Crippen LogP contribution in [-0.2, 0) is 4.74 Å². The highest BCUT2D eigenvalue weighted by atomic mass is 35.5. The normalized spacial score (nSPS) is 21.7. The first-order valence-electron chi connectivity index (χ1n) is 6.52. The molecule has 2 unspecified atom stereocenters. The molecule has 1 fully saturated rings. The molecule has 0 aliphatic carbocycles. The van der Waals surface area contributed by atoms with Gasteiger partial charge in [0.25, 0.3) is 5.91 Å². The minimum Gasteiger partial charge on any atom is -0.508 e. The lowest BCUT2D eigenvalue weighted by Crippen LogP contribution is -2.33. The number of nitrogens with one attached hydrogen (secondary N) is 1. The summed E-state index contributed by atoms with van der Waals surface area (Å²) in [4.78, 5) is 12.1. The molecule has 1 aromatic carbocycles. The van der Waals surface area contributed by atoms with Crippen molar-refractivity contribution < 1.29 is 14.6 Å². The monoisotopic (exact) mass is 295 g/mol. The van der Waals surface area contributed by atoms with Crippen molar-refractivity contribution in [1.29, 1.82) is 0 Å². The number of phenolic OH excluding ortho intramolecular Hbond substituents is 1. The summed E-state index contributed by atoms with van der Waals surface area (Å²) in [7, 11) is 0. The number of amides is 1. The van der Waals surface area contributed by atoms with Crippen LogP contribution < -0.4 is 5.32 Å². The van der Waals surface area contributed by atoms with Gasteiger partial charge in [0.1, 0.15) is 5.75 Å². The third-order valence-electron chi connectivity index (χ3n) is 3.42. The highest BCUT2D eigenvalue weighted by Gasteiger charge is 2.29. The molecule has 0 bridgehead atoms. The van der Waals surface area contributed by atoms with Crippen LogP contribution in [0.3, 0.4) is 0 Å². The number of carbonyl (C=O) groups is 1. The van der Waals surface area contributed by atoms with E-state index in [1.165, 1.54) is 18.2 Å². The van der Waals surface area contributed by atoms with Crippen molar-refractivity contribution in [3.05, 3.63) is 40.9 Å². The Hall–Kier alpha value is -1.52. The summed E-state index contributed by atoms with van der Waals surface area (Å²) >= 11 is 5.95. The molecule has 0 saturated carbocycles. The Morgan fingerprint density at radius 3 is 3.05 bits per heavy atom. The SMILES string of the molecule is C=C(C)C1OCCC1CNC(=O)c1cc(O)ccc1Cl. The molecule has 1 aliphatic rings. The van der Waals surface area contributed by atoms with Crippen LogP contribution in [0.1, 0.15) is 23.7 Å².